The number of alkyl halides is 3. The Morgan fingerprint density at radius 2 is 1.81 bits per heavy atom. The van der Waals surface area contributed by atoms with Crippen LogP contribution in [0.2, 0.25) is 0 Å². The van der Waals surface area contributed by atoms with Crippen LogP contribution in [0.1, 0.15) is 28.6 Å². The Morgan fingerprint density at radius 3 is 2.48 bits per heavy atom. The molecule has 0 radical (unpaired) electrons. The first-order valence-electron chi connectivity index (χ1n) is 9.40. The Bertz CT molecular complexity index is 1200. The summed E-state index contributed by atoms with van der Waals surface area (Å²) in [4.78, 5) is 38.6. The van der Waals surface area contributed by atoms with Crippen LogP contribution in [-0.4, -0.2) is 29.8 Å². The molecule has 1 heterocycles. The molecule has 3 rings (SSSR count). The van der Waals surface area contributed by atoms with Crippen molar-refractivity contribution in [3.63, 3.8) is 0 Å². The highest BCUT2D eigenvalue weighted by Crippen LogP contribution is 2.34. The predicted octanol–water partition coefficient (Wildman–Crippen LogP) is 4.22. The van der Waals surface area contributed by atoms with Crippen LogP contribution in [0.4, 0.5) is 18.9 Å². The average Bonchev–Trinajstić information content (AvgIpc) is 2.71. The van der Waals surface area contributed by atoms with Crippen molar-refractivity contribution < 1.29 is 27.2 Å². The monoisotopic (exact) mass is 432 g/mol. The highest BCUT2D eigenvalue weighted by molar-refractivity contribution is 5.99. The quantitative estimate of drug-likeness (QED) is 0.655. The molecule has 2 aromatic carbocycles. The molecular weight excluding hydrogens is 413 g/mol. The van der Waals surface area contributed by atoms with Gasteiger partial charge >= 0.3 is 6.18 Å². The maximum Gasteiger partial charge on any atom is 0.418 e. The molecule has 6 nitrogen and oxygen atoms in total. The Balaban J connectivity index is 1.81. The summed E-state index contributed by atoms with van der Waals surface area (Å²) >= 11 is 0. The summed E-state index contributed by atoms with van der Waals surface area (Å²) in [6, 6.07) is 10.5. The third kappa shape index (κ3) is 4.93. The minimum atomic E-state index is -4.64. The van der Waals surface area contributed by atoms with Gasteiger partial charge in [-0.05, 0) is 38.1 Å². The Kier molecular flexibility index (Phi) is 6.14. The van der Waals surface area contributed by atoms with E-state index < -0.39 is 41.2 Å². The number of carbonyl (C=O) groups is 2. The van der Waals surface area contributed by atoms with Crippen LogP contribution in [0.5, 0.6) is 0 Å². The molecule has 31 heavy (non-hydrogen) atoms. The number of fused-ring (bicyclic) bond motifs is 1. The molecule has 3 aromatic rings. The Labute approximate surface area is 175 Å². The lowest BCUT2D eigenvalue weighted by atomic mass is 10.1. The van der Waals surface area contributed by atoms with E-state index in [0.29, 0.717) is 5.39 Å². The second kappa shape index (κ2) is 8.63. The van der Waals surface area contributed by atoms with E-state index >= 15 is 0 Å². The smallest absolute Gasteiger partial charge is 0.418 e. The fourth-order valence-electron chi connectivity index (χ4n) is 3.06. The predicted molar refractivity (Wildman–Crippen MR) is 109 cm³/mol. The molecule has 1 N–H and O–H groups in total. The molecule has 0 saturated heterocycles. The topological polar surface area (TPSA) is 79.6 Å². The summed E-state index contributed by atoms with van der Waals surface area (Å²) in [5, 5.41) is 2.51. The van der Waals surface area contributed by atoms with Crippen molar-refractivity contribution in [3.8, 4) is 0 Å². The van der Waals surface area contributed by atoms with Crippen LogP contribution >= 0.6 is 0 Å². The first-order chi connectivity index (χ1) is 14.6. The number of nitrogens with zero attached hydrogens (tertiary/aromatic N) is 1. The van der Waals surface area contributed by atoms with E-state index in [2.05, 4.69) is 5.32 Å². The van der Waals surface area contributed by atoms with Gasteiger partial charge in [-0.2, -0.15) is 13.2 Å². The number of rotatable bonds is 5. The largest absolute Gasteiger partial charge is 0.451 e. The third-order valence-electron chi connectivity index (χ3n) is 4.60. The summed E-state index contributed by atoms with van der Waals surface area (Å²) in [6.07, 6.45) is -4.64. The molecule has 0 aliphatic heterocycles. The van der Waals surface area contributed by atoms with Crippen molar-refractivity contribution in [1.29, 1.82) is 0 Å². The summed E-state index contributed by atoms with van der Waals surface area (Å²) in [5.74, 6) is -1.79. The fourth-order valence-corrected chi connectivity index (χ4v) is 3.06. The van der Waals surface area contributed by atoms with E-state index in [9.17, 15) is 27.6 Å². The number of anilines is 1. The highest BCUT2D eigenvalue weighted by atomic mass is 19.4. The molecule has 162 valence electrons. The van der Waals surface area contributed by atoms with Gasteiger partial charge < -0.3 is 14.6 Å². The SMILES string of the molecule is CCN(CC(=O)Nc1ccccc1C(F)(F)F)C(=O)c1cc(=O)c2cc(C)ccc2o1. The van der Waals surface area contributed by atoms with E-state index in [1.165, 1.54) is 12.1 Å². The van der Waals surface area contributed by atoms with Crippen molar-refractivity contribution in [2.45, 2.75) is 20.0 Å². The van der Waals surface area contributed by atoms with Gasteiger partial charge in [-0.1, -0.05) is 23.8 Å². The molecule has 0 aliphatic rings. The van der Waals surface area contributed by atoms with E-state index in [1.807, 2.05) is 6.92 Å². The minimum absolute atomic E-state index is 0.0722. The van der Waals surface area contributed by atoms with Crippen molar-refractivity contribution in [1.82, 2.24) is 4.90 Å². The molecule has 0 saturated carbocycles. The molecule has 9 heteroatoms. The number of aryl methyl sites for hydroxylation is 1. The standard InChI is InChI=1S/C22H19F3N2O4/c1-3-27(12-20(29)26-16-7-5-4-6-15(16)22(23,24)25)21(30)19-11-17(28)14-10-13(2)8-9-18(14)31-19/h4-11H,3,12H2,1-2H3,(H,26,29). The Hall–Kier alpha value is -3.62. The van der Waals surface area contributed by atoms with E-state index in [1.54, 1.807) is 25.1 Å². The number of halogens is 3. The van der Waals surface area contributed by atoms with Gasteiger partial charge in [0.15, 0.2) is 11.2 Å². The van der Waals surface area contributed by atoms with Crippen molar-refractivity contribution in [2.24, 2.45) is 0 Å². The molecule has 2 amide bonds. The number of benzene rings is 2. The first kappa shape index (κ1) is 22.1. The number of nitrogens with one attached hydrogen (secondary N) is 1. The lowest BCUT2D eigenvalue weighted by molar-refractivity contribution is -0.137. The summed E-state index contributed by atoms with van der Waals surface area (Å²) in [7, 11) is 0. The second-order valence-electron chi connectivity index (χ2n) is 6.89. The lowest BCUT2D eigenvalue weighted by Crippen LogP contribution is -2.38. The summed E-state index contributed by atoms with van der Waals surface area (Å²) in [5.41, 5.74) is -0.733. The van der Waals surface area contributed by atoms with Crippen molar-refractivity contribution >= 4 is 28.5 Å². The second-order valence-corrected chi connectivity index (χ2v) is 6.89. The third-order valence-corrected chi connectivity index (χ3v) is 4.60. The number of carbonyl (C=O) groups excluding carboxylic acids is 2. The lowest BCUT2D eigenvalue weighted by Gasteiger charge is -2.20. The zero-order valence-corrected chi connectivity index (χ0v) is 16.7. The summed E-state index contributed by atoms with van der Waals surface area (Å²) < 4.78 is 44.9. The van der Waals surface area contributed by atoms with Gasteiger partial charge in [-0.25, -0.2) is 0 Å². The van der Waals surface area contributed by atoms with Gasteiger partial charge in [0.2, 0.25) is 5.91 Å². The highest BCUT2D eigenvalue weighted by Gasteiger charge is 2.33. The van der Waals surface area contributed by atoms with Crippen LogP contribution in [0.3, 0.4) is 0 Å². The van der Waals surface area contributed by atoms with E-state index in [0.717, 1.165) is 28.7 Å². The van der Waals surface area contributed by atoms with Gasteiger partial charge in [-0.15, -0.1) is 0 Å². The maximum absolute atomic E-state index is 13.1. The van der Waals surface area contributed by atoms with Crippen LogP contribution < -0.4 is 10.7 Å². The molecule has 0 unspecified atom stereocenters. The number of hydrogen-bond donors (Lipinski definition) is 1. The number of hydrogen-bond acceptors (Lipinski definition) is 4. The van der Waals surface area contributed by atoms with Crippen LogP contribution in [0.15, 0.2) is 57.7 Å². The first-order valence-corrected chi connectivity index (χ1v) is 9.40. The number of likely N-dealkylation sites (N-methyl/N-ethyl adjacent to an activating group) is 1. The van der Waals surface area contributed by atoms with Gasteiger partial charge in [0, 0.05) is 12.6 Å². The van der Waals surface area contributed by atoms with Crippen LogP contribution in [0.25, 0.3) is 11.0 Å². The molecule has 0 atom stereocenters. The molecule has 0 bridgehead atoms. The van der Waals surface area contributed by atoms with Gasteiger partial charge in [0.05, 0.1) is 16.6 Å². The molecule has 0 fully saturated rings. The van der Waals surface area contributed by atoms with E-state index in [-0.39, 0.29) is 17.9 Å². The van der Waals surface area contributed by atoms with Crippen LogP contribution in [0, 0.1) is 6.92 Å². The zero-order chi connectivity index (χ0) is 22.8. The molecule has 1 aromatic heterocycles. The van der Waals surface area contributed by atoms with Crippen LogP contribution in [-0.2, 0) is 11.0 Å². The number of amides is 2. The maximum atomic E-state index is 13.1. The number of para-hydroxylation sites is 1. The molecule has 0 spiro atoms. The van der Waals surface area contributed by atoms with Gasteiger partial charge in [0.25, 0.3) is 5.91 Å². The fraction of sp³-hybridized carbons (Fsp3) is 0.227. The van der Waals surface area contributed by atoms with Gasteiger partial charge in [-0.3, -0.25) is 14.4 Å². The average molecular weight is 432 g/mol. The van der Waals surface area contributed by atoms with Crippen molar-refractivity contribution in [3.05, 3.63) is 75.6 Å². The Morgan fingerprint density at radius 1 is 1.10 bits per heavy atom. The minimum Gasteiger partial charge on any atom is -0.451 e. The molecular formula is C22H19F3N2O4. The normalized spacial score (nSPS) is 11.4. The van der Waals surface area contributed by atoms with E-state index in [4.69, 9.17) is 4.42 Å². The van der Waals surface area contributed by atoms with Gasteiger partial charge in [0.1, 0.15) is 12.1 Å². The zero-order valence-electron chi connectivity index (χ0n) is 16.7. The summed E-state index contributed by atoms with van der Waals surface area (Å²) in [6.45, 7) is 2.96. The molecule has 0 aliphatic carbocycles. The van der Waals surface area contributed by atoms with Crippen molar-refractivity contribution in [2.75, 3.05) is 18.4 Å².